The van der Waals surface area contributed by atoms with Crippen molar-refractivity contribution >= 4 is 33.9 Å². The summed E-state index contributed by atoms with van der Waals surface area (Å²) in [5, 5.41) is 3.69. The van der Waals surface area contributed by atoms with Gasteiger partial charge in [-0.25, -0.2) is 4.79 Å². The normalized spacial score (nSPS) is 14.6. The number of nitrogens with zero attached hydrogens (tertiary/aromatic N) is 3. The summed E-state index contributed by atoms with van der Waals surface area (Å²) in [4.78, 5) is 21.6. The molecular formula is C25H27F3N4O4. The van der Waals surface area contributed by atoms with Crippen LogP contribution in [0.3, 0.4) is 0 Å². The molecule has 36 heavy (non-hydrogen) atoms. The zero-order valence-corrected chi connectivity index (χ0v) is 20.2. The number of alkyl halides is 3. The van der Waals surface area contributed by atoms with Gasteiger partial charge in [-0.15, -0.1) is 13.2 Å². The number of pyridine rings is 1. The Balaban J connectivity index is 1.83. The summed E-state index contributed by atoms with van der Waals surface area (Å²) < 4.78 is 53.1. The first kappa shape index (κ1) is 25.4. The van der Waals surface area contributed by atoms with Gasteiger partial charge in [-0.3, -0.25) is 4.98 Å². The molecule has 1 aromatic heterocycles. The number of fused-ring (bicyclic) bond motifs is 1. The summed E-state index contributed by atoms with van der Waals surface area (Å²) in [5.74, 6) is -0.354. The maximum atomic E-state index is 12.8. The Morgan fingerprint density at radius 2 is 1.89 bits per heavy atom. The molecule has 2 aromatic carbocycles. The zero-order chi connectivity index (χ0) is 25.9. The number of benzene rings is 2. The van der Waals surface area contributed by atoms with Crippen molar-refractivity contribution in [2.75, 3.05) is 57.2 Å². The van der Waals surface area contributed by atoms with Gasteiger partial charge in [0.1, 0.15) is 17.1 Å². The largest absolute Gasteiger partial charge is 0.573 e. The molecule has 0 amide bonds. The Kier molecular flexibility index (Phi) is 7.39. The molecule has 0 bridgehead atoms. The molecule has 1 fully saturated rings. The topological polar surface area (TPSA) is 76.2 Å². The molecule has 0 radical (unpaired) electrons. The SMILES string of the molecule is CCOC(=O)c1cnc2cc(OC)c(N3CCN(C)CC3)cc2c1Nc1cccc(OC(F)(F)F)c1. The highest BCUT2D eigenvalue weighted by Crippen LogP contribution is 2.39. The molecule has 1 N–H and O–H groups in total. The maximum absolute atomic E-state index is 12.8. The highest BCUT2D eigenvalue weighted by Gasteiger charge is 2.31. The van der Waals surface area contributed by atoms with Crippen LogP contribution in [0.4, 0.5) is 30.2 Å². The third-order valence-corrected chi connectivity index (χ3v) is 5.84. The number of rotatable bonds is 7. The van der Waals surface area contributed by atoms with Crippen LogP contribution in [0.5, 0.6) is 11.5 Å². The number of methoxy groups -OCH3 is 1. The van der Waals surface area contributed by atoms with Gasteiger partial charge in [-0.05, 0) is 32.2 Å². The number of likely N-dealkylation sites (N-methyl/N-ethyl adjacent to an activating group) is 1. The molecule has 4 rings (SSSR count). The summed E-state index contributed by atoms with van der Waals surface area (Å²) in [6.07, 6.45) is -3.44. The van der Waals surface area contributed by atoms with E-state index in [-0.39, 0.29) is 17.9 Å². The van der Waals surface area contributed by atoms with Crippen molar-refractivity contribution in [2.24, 2.45) is 0 Å². The lowest BCUT2D eigenvalue weighted by Crippen LogP contribution is -2.44. The van der Waals surface area contributed by atoms with Crippen LogP contribution in [0.15, 0.2) is 42.6 Å². The number of hydrogen-bond acceptors (Lipinski definition) is 8. The van der Waals surface area contributed by atoms with Gasteiger partial charge < -0.3 is 29.3 Å². The molecule has 3 aromatic rings. The second-order valence-corrected chi connectivity index (χ2v) is 8.30. The summed E-state index contributed by atoms with van der Waals surface area (Å²) in [6, 6.07) is 9.08. The van der Waals surface area contributed by atoms with E-state index in [0.29, 0.717) is 28.0 Å². The third-order valence-electron chi connectivity index (χ3n) is 5.84. The molecule has 2 heterocycles. The van der Waals surface area contributed by atoms with Gasteiger partial charge >= 0.3 is 12.3 Å². The monoisotopic (exact) mass is 504 g/mol. The van der Waals surface area contributed by atoms with E-state index in [9.17, 15) is 18.0 Å². The highest BCUT2D eigenvalue weighted by molar-refractivity contribution is 6.07. The lowest BCUT2D eigenvalue weighted by molar-refractivity contribution is -0.274. The molecule has 0 saturated carbocycles. The Bertz CT molecular complexity index is 1240. The predicted molar refractivity (Wildman–Crippen MR) is 130 cm³/mol. The molecule has 0 spiro atoms. The number of piperazine rings is 1. The second kappa shape index (κ2) is 10.5. The van der Waals surface area contributed by atoms with Crippen LogP contribution in [0.1, 0.15) is 17.3 Å². The van der Waals surface area contributed by atoms with Gasteiger partial charge in [0, 0.05) is 55.6 Å². The molecule has 192 valence electrons. The third kappa shape index (κ3) is 5.73. The van der Waals surface area contributed by atoms with Crippen LogP contribution in [-0.2, 0) is 4.74 Å². The van der Waals surface area contributed by atoms with Crippen LogP contribution in [0.2, 0.25) is 0 Å². The average molecular weight is 505 g/mol. The van der Waals surface area contributed by atoms with E-state index in [1.54, 1.807) is 26.2 Å². The predicted octanol–water partition coefficient (Wildman–Crippen LogP) is 4.81. The standard InChI is InChI=1S/C25H27F3N4O4/c1-4-35-24(33)19-15-29-20-14-22(34-3)21(32-10-8-31(2)9-11-32)13-18(20)23(19)30-16-6-5-7-17(12-16)36-25(26,27)28/h5-7,12-15H,4,8-11H2,1-3H3,(H,29,30). The van der Waals surface area contributed by atoms with E-state index in [1.165, 1.54) is 24.4 Å². The number of esters is 1. The molecule has 1 saturated heterocycles. The van der Waals surface area contributed by atoms with Crippen LogP contribution in [0, 0.1) is 0 Å². The van der Waals surface area contributed by atoms with Crippen LogP contribution in [0.25, 0.3) is 10.9 Å². The van der Waals surface area contributed by atoms with Crippen molar-refractivity contribution in [3.63, 3.8) is 0 Å². The molecule has 0 aliphatic carbocycles. The van der Waals surface area contributed by atoms with Crippen molar-refractivity contribution < 1.29 is 32.2 Å². The van der Waals surface area contributed by atoms with Gasteiger partial charge in [0.15, 0.2) is 0 Å². The first-order valence-corrected chi connectivity index (χ1v) is 11.4. The number of carbonyl (C=O) groups excluding carboxylic acids is 1. The fourth-order valence-electron chi connectivity index (χ4n) is 4.08. The van der Waals surface area contributed by atoms with Crippen molar-refractivity contribution in [1.82, 2.24) is 9.88 Å². The van der Waals surface area contributed by atoms with E-state index < -0.39 is 12.3 Å². The second-order valence-electron chi connectivity index (χ2n) is 8.30. The lowest BCUT2D eigenvalue weighted by atomic mass is 10.1. The first-order chi connectivity index (χ1) is 17.2. The summed E-state index contributed by atoms with van der Waals surface area (Å²) in [6.45, 7) is 5.15. The fourth-order valence-corrected chi connectivity index (χ4v) is 4.08. The molecular weight excluding hydrogens is 477 g/mol. The van der Waals surface area contributed by atoms with Crippen LogP contribution < -0.4 is 19.7 Å². The van der Waals surface area contributed by atoms with E-state index in [2.05, 4.69) is 31.9 Å². The van der Waals surface area contributed by atoms with Crippen molar-refractivity contribution in [2.45, 2.75) is 13.3 Å². The molecule has 8 nitrogen and oxygen atoms in total. The van der Waals surface area contributed by atoms with Gasteiger partial charge in [0.05, 0.1) is 30.6 Å². The lowest BCUT2D eigenvalue weighted by Gasteiger charge is -2.35. The molecule has 1 aliphatic heterocycles. The van der Waals surface area contributed by atoms with E-state index in [4.69, 9.17) is 9.47 Å². The number of anilines is 3. The van der Waals surface area contributed by atoms with Crippen LogP contribution in [-0.4, -0.2) is 69.2 Å². The van der Waals surface area contributed by atoms with Crippen LogP contribution >= 0.6 is 0 Å². The number of aromatic nitrogens is 1. The number of hydrogen-bond donors (Lipinski definition) is 1. The van der Waals surface area contributed by atoms with E-state index in [0.717, 1.165) is 31.9 Å². The quantitative estimate of drug-likeness (QED) is 0.460. The van der Waals surface area contributed by atoms with Gasteiger partial charge in [-0.2, -0.15) is 0 Å². The number of carbonyl (C=O) groups is 1. The zero-order valence-electron chi connectivity index (χ0n) is 20.2. The minimum absolute atomic E-state index is 0.153. The Morgan fingerprint density at radius 1 is 1.14 bits per heavy atom. The van der Waals surface area contributed by atoms with Gasteiger partial charge in [-0.1, -0.05) is 6.07 Å². The number of ether oxygens (including phenoxy) is 3. The van der Waals surface area contributed by atoms with E-state index >= 15 is 0 Å². The fraction of sp³-hybridized carbons (Fsp3) is 0.360. The summed E-state index contributed by atoms with van der Waals surface area (Å²) >= 11 is 0. The van der Waals surface area contributed by atoms with Crippen molar-refractivity contribution in [3.8, 4) is 11.5 Å². The summed E-state index contributed by atoms with van der Waals surface area (Å²) in [5.41, 5.74) is 2.19. The molecule has 0 atom stereocenters. The molecule has 1 aliphatic rings. The number of halogens is 3. The Labute approximate surface area is 206 Å². The minimum Gasteiger partial charge on any atom is -0.495 e. The maximum Gasteiger partial charge on any atom is 0.573 e. The summed E-state index contributed by atoms with van der Waals surface area (Å²) in [7, 11) is 3.64. The number of nitrogens with one attached hydrogen (secondary N) is 1. The van der Waals surface area contributed by atoms with E-state index in [1.807, 2.05) is 6.07 Å². The first-order valence-electron chi connectivity index (χ1n) is 11.4. The van der Waals surface area contributed by atoms with Crippen molar-refractivity contribution in [1.29, 1.82) is 0 Å². The van der Waals surface area contributed by atoms with Crippen molar-refractivity contribution in [3.05, 3.63) is 48.2 Å². The molecule has 0 unspecified atom stereocenters. The Hall–Kier alpha value is -3.73. The Morgan fingerprint density at radius 3 is 2.56 bits per heavy atom. The minimum atomic E-state index is -4.83. The average Bonchev–Trinajstić information content (AvgIpc) is 2.83. The van der Waals surface area contributed by atoms with Gasteiger partial charge in [0.2, 0.25) is 0 Å². The highest BCUT2D eigenvalue weighted by atomic mass is 19.4. The molecule has 11 heteroatoms. The van der Waals surface area contributed by atoms with Gasteiger partial charge in [0.25, 0.3) is 0 Å². The smallest absolute Gasteiger partial charge is 0.495 e.